The van der Waals surface area contributed by atoms with Crippen molar-refractivity contribution >= 4 is 11.8 Å². The molecule has 18 heavy (non-hydrogen) atoms. The molecule has 3 atom stereocenters. The van der Waals surface area contributed by atoms with E-state index >= 15 is 0 Å². The third kappa shape index (κ3) is 3.12. The Balaban J connectivity index is 2.04. The Morgan fingerprint density at radius 1 is 1.39 bits per heavy atom. The summed E-state index contributed by atoms with van der Waals surface area (Å²) < 4.78 is 5.41. The smallest absolute Gasteiger partial charge is 0.114 e. The first-order valence-electron chi connectivity index (χ1n) is 6.99. The van der Waals surface area contributed by atoms with E-state index in [1.165, 1.54) is 24.2 Å². The molecule has 0 spiro atoms. The molecule has 0 amide bonds. The molecular formula is C15H25NOS. The van der Waals surface area contributed by atoms with Crippen LogP contribution in [0.5, 0.6) is 0 Å². The fourth-order valence-electron chi connectivity index (χ4n) is 2.88. The third-order valence-corrected chi connectivity index (χ3v) is 5.74. The molecule has 1 aromatic heterocycles. The molecule has 0 bridgehead atoms. The minimum absolute atomic E-state index is 0.638. The summed E-state index contributed by atoms with van der Waals surface area (Å²) in [7, 11) is 2.09. The second kappa shape index (κ2) is 6.16. The van der Waals surface area contributed by atoms with Crippen LogP contribution in [-0.2, 0) is 0 Å². The van der Waals surface area contributed by atoms with Crippen molar-refractivity contribution in [3.8, 4) is 0 Å². The maximum absolute atomic E-state index is 5.41. The lowest BCUT2D eigenvalue weighted by atomic mass is 9.79. The van der Waals surface area contributed by atoms with Crippen molar-refractivity contribution in [1.29, 1.82) is 0 Å². The van der Waals surface area contributed by atoms with Crippen LogP contribution >= 0.6 is 11.8 Å². The van der Waals surface area contributed by atoms with Crippen LogP contribution in [0.25, 0.3) is 0 Å². The maximum atomic E-state index is 5.41. The topological polar surface area (TPSA) is 25.2 Å². The van der Waals surface area contributed by atoms with Crippen molar-refractivity contribution in [2.45, 2.75) is 56.2 Å². The van der Waals surface area contributed by atoms with Gasteiger partial charge < -0.3 is 9.73 Å². The molecule has 2 rings (SSSR count). The summed E-state index contributed by atoms with van der Waals surface area (Å²) in [6.07, 6.45) is 5.78. The molecule has 3 unspecified atom stereocenters. The van der Waals surface area contributed by atoms with Gasteiger partial charge in [-0.1, -0.05) is 13.8 Å². The van der Waals surface area contributed by atoms with E-state index in [1.54, 1.807) is 6.26 Å². The van der Waals surface area contributed by atoms with Gasteiger partial charge >= 0.3 is 0 Å². The van der Waals surface area contributed by atoms with E-state index in [9.17, 15) is 0 Å². The lowest BCUT2D eigenvalue weighted by molar-refractivity contribution is 0.251. The molecule has 0 radical (unpaired) electrons. The summed E-state index contributed by atoms with van der Waals surface area (Å²) in [5.41, 5.74) is 0. The highest BCUT2D eigenvalue weighted by atomic mass is 32.2. The van der Waals surface area contributed by atoms with Crippen LogP contribution in [0.2, 0.25) is 0 Å². The van der Waals surface area contributed by atoms with E-state index in [0.29, 0.717) is 11.3 Å². The highest BCUT2D eigenvalue weighted by Gasteiger charge is 2.32. The van der Waals surface area contributed by atoms with Gasteiger partial charge in [0.1, 0.15) is 5.76 Å². The summed E-state index contributed by atoms with van der Waals surface area (Å²) in [6, 6.07) is 2.74. The van der Waals surface area contributed by atoms with Crippen molar-refractivity contribution in [2.24, 2.45) is 11.8 Å². The molecule has 1 fully saturated rings. The van der Waals surface area contributed by atoms with Gasteiger partial charge in [-0.25, -0.2) is 0 Å². The van der Waals surface area contributed by atoms with Crippen molar-refractivity contribution in [3.05, 3.63) is 18.1 Å². The molecule has 0 saturated heterocycles. The maximum Gasteiger partial charge on any atom is 0.114 e. The normalized spacial score (nSPS) is 28.8. The first kappa shape index (κ1) is 14.0. The zero-order valence-corrected chi connectivity index (χ0v) is 12.7. The molecule has 102 valence electrons. The minimum Gasteiger partial charge on any atom is -0.468 e. The Bertz CT molecular complexity index is 374. The Hall–Kier alpha value is -0.410. The summed E-state index contributed by atoms with van der Waals surface area (Å²) >= 11 is 2.00. The van der Waals surface area contributed by atoms with Gasteiger partial charge in [0.05, 0.1) is 6.26 Å². The van der Waals surface area contributed by atoms with E-state index in [0.717, 1.165) is 17.6 Å². The molecule has 2 nitrogen and oxygen atoms in total. The average Bonchev–Trinajstić information content (AvgIpc) is 2.75. The minimum atomic E-state index is 0.638. The first-order chi connectivity index (χ1) is 8.61. The molecule has 1 saturated carbocycles. The number of aryl methyl sites for hydroxylation is 1. The van der Waals surface area contributed by atoms with Crippen LogP contribution in [0.15, 0.2) is 21.6 Å². The number of thioether (sulfide) groups is 1. The lowest BCUT2D eigenvalue weighted by Crippen LogP contribution is -2.41. The van der Waals surface area contributed by atoms with Crippen LogP contribution in [0.1, 0.15) is 38.9 Å². The second-order valence-corrected chi connectivity index (χ2v) is 6.99. The number of rotatable bonds is 4. The van der Waals surface area contributed by atoms with Crippen LogP contribution in [0.4, 0.5) is 0 Å². The zero-order valence-electron chi connectivity index (χ0n) is 11.9. The number of hydrogen-bond acceptors (Lipinski definition) is 3. The second-order valence-electron chi connectivity index (χ2n) is 5.71. The zero-order chi connectivity index (χ0) is 13.1. The van der Waals surface area contributed by atoms with Crippen molar-refractivity contribution < 1.29 is 4.42 Å². The Labute approximate surface area is 115 Å². The predicted octanol–water partition coefficient (Wildman–Crippen LogP) is 4.09. The Morgan fingerprint density at radius 2 is 2.17 bits per heavy atom. The summed E-state index contributed by atoms with van der Waals surface area (Å²) in [6.45, 7) is 6.77. The van der Waals surface area contributed by atoms with Crippen LogP contribution < -0.4 is 5.32 Å². The molecule has 3 heteroatoms. The molecular weight excluding hydrogens is 242 g/mol. The third-order valence-electron chi connectivity index (χ3n) is 4.24. The summed E-state index contributed by atoms with van der Waals surface area (Å²) in [4.78, 5) is 1.31. The van der Waals surface area contributed by atoms with E-state index < -0.39 is 0 Å². The predicted molar refractivity (Wildman–Crippen MR) is 78.1 cm³/mol. The molecule has 1 heterocycles. The van der Waals surface area contributed by atoms with Gasteiger partial charge in [-0.3, -0.25) is 0 Å². The molecule has 1 N–H and O–H groups in total. The molecule has 0 aliphatic heterocycles. The van der Waals surface area contributed by atoms with E-state index in [1.807, 2.05) is 11.8 Å². The van der Waals surface area contributed by atoms with Crippen LogP contribution in [-0.4, -0.2) is 18.3 Å². The quantitative estimate of drug-likeness (QED) is 0.889. The number of nitrogens with one attached hydrogen (secondary N) is 1. The average molecular weight is 267 g/mol. The van der Waals surface area contributed by atoms with Crippen molar-refractivity contribution in [1.82, 2.24) is 5.32 Å². The molecule has 1 aliphatic rings. The van der Waals surface area contributed by atoms with Gasteiger partial charge in [0, 0.05) is 16.2 Å². The van der Waals surface area contributed by atoms with Gasteiger partial charge in [0.15, 0.2) is 0 Å². The first-order valence-corrected chi connectivity index (χ1v) is 7.87. The standard InChI is InChI=1S/C15H25NOS/c1-10(2)12-5-6-13(16-4)15(9-12)18-14-7-8-17-11(14)3/h7-8,10,12-13,15-16H,5-6,9H2,1-4H3. The number of furan rings is 1. The van der Waals surface area contributed by atoms with Gasteiger partial charge in [-0.15, -0.1) is 11.8 Å². The summed E-state index contributed by atoms with van der Waals surface area (Å²) in [5, 5.41) is 4.17. The monoisotopic (exact) mass is 267 g/mol. The summed E-state index contributed by atoms with van der Waals surface area (Å²) in [5.74, 6) is 2.73. The van der Waals surface area contributed by atoms with Gasteiger partial charge in [0.25, 0.3) is 0 Å². The highest BCUT2D eigenvalue weighted by Crippen LogP contribution is 2.40. The molecule has 1 aliphatic carbocycles. The van der Waals surface area contributed by atoms with Gasteiger partial charge in [-0.05, 0) is 51.1 Å². The highest BCUT2D eigenvalue weighted by molar-refractivity contribution is 8.00. The fraction of sp³-hybridized carbons (Fsp3) is 0.733. The number of hydrogen-bond donors (Lipinski definition) is 1. The van der Waals surface area contributed by atoms with Crippen molar-refractivity contribution in [2.75, 3.05) is 7.05 Å². The fourth-order valence-corrected chi connectivity index (χ4v) is 4.34. The van der Waals surface area contributed by atoms with Gasteiger partial charge in [0.2, 0.25) is 0 Å². The molecule has 1 aromatic rings. The van der Waals surface area contributed by atoms with Gasteiger partial charge in [-0.2, -0.15) is 0 Å². The Kier molecular flexibility index (Phi) is 4.79. The Morgan fingerprint density at radius 3 is 2.72 bits per heavy atom. The van der Waals surface area contributed by atoms with Crippen LogP contribution in [0.3, 0.4) is 0 Å². The molecule has 0 aromatic carbocycles. The van der Waals surface area contributed by atoms with E-state index in [2.05, 4.69) is 39.2 Å². The lowest BCUT2D eigenvalue weighted by Gasteiger charge is -2.37. The van der Waals surface area contributed by atoms with E-state index in [4.69, 9.17) is 4.42 Å². The SMILES string of the molecule is CNC1CCC(C(C)C)CC1Sc1ccoc1C. The van der Waals surface area contributed by atoms with E-state index in [-0.39, 0.29) is 0 Å². The largest absolute Gasteiger partial charge is 0.468 e. The van der Waals surface area contributed by atoms with Crippen LogP contribution in [0, 0.1) is 18.8 Å². The van der Waals surface area contributed by atoms with Crippen molar-refractivity contribution in [3.63, 3.8) is 0 Å².